The maximum Gasteiger partial charge on any atom is 0.223 e. The molecule has 39 heavy (non-hydrogen) atoms. The summed E-state index contributed by atoms with van der Waals surface area (Å²) < 4.78 is 0. The number of piperidine rings is 1. The largest absolute Gasteiger partial charge is 0.388 e. The number of nitrogens with zero attached hydrogens (tertiary/aromatic N) is 2. The fourth-order valence-corrected chi connectivity index (χ4v) is 5.72. The van der Waals surface area contributed by atoms with Crippen molar-refractivity contribution in [1.29, 1.82) is 0 Å². The van der Waals surface area contributed by atoms with E-state index in [9.17, 15) is 9.90 Å². The monoisotopic (exact) mass is 521 g/mol. The smallest absolute Gasteiger partial charge is 0.223 e. The van der Waals surface area contributed by atoms with E-state index in [-0.39, 0.29) is 11.8 Å². The Morgan fingerprint density at radius 1 is 0.923 bits per heavy atom. The fourth-order valence-electron chi connectivity index (χ4n) is 5.72. The molecule has 1 saturated heterocycles. The maximum atomic E-state index is 13.0. The minimum absolute atomic E-state index is 0.170. The second-order valence-electron chi connectivity index (χ2n) is 11.0. The first kappa shape index (κ1) is 26.9. The number of likely N-dealkylation sites (tertiary alicyclic amines) is 1. The highest BCUT2D eigenvalue weighted by molar-refractivity contribution is 6.05. The van der Waals surface area contributed by atoms with Crippen LogP contribution in [0, 0.1) is 0 Å². The van der Waals surface area contributed by atoms with Crippen molar-refractivity contribution in [3.63, 3.8) is 0 Å². The van der Waals surface area contributed by atoms with Gasteiger partial charge in [-0.25, -0.2) is 0 Å². The second-order valence-corrected chi connectivity index (χ2v) is 11.0. The summed E-state index contributed by atoms with van der Waals surface area (Å²) in [5.74, 6) is 0.351. The Balaban J connectivity index is 1.26. The van der Waals surface area contributed by atoms with Crippen molar-refractivity contribution in [2.75, 3.05) is 26.2 Å². The zero-order valence-corrected chi connectivity index (χ0v) is 22.8. The van der Waals surface area contributed by atoms with Gasteiger partial charge < -0.3 is 20.6 Å². The van der Waals surface area contributed by atoms with Crippen LogP contribution in [0.15, 0.2) is 97.2 Å². The molecule has 0 aromatic heterocycles. The molecule has 2 heterocycles. The molecule has 2 aliphatic heterocycles. The first-order valence-electron chi connectivity index (χ1n) is 14.0. The lowest BCUT2D eigenvalue weighted by Crippen LogP contribution is -2.51. The number of nitrogens with two attached hydrogens (primary N) is 1. The summed E-state index contributed by atoms with van der Waals surface area (Å²) in [5, 5.41) is 11.6. The molecular weight excluding hydrogens is 482 g/mol. The molecule has 3 N–H and O–H groups in total. The number of amides is 1. The number of rotatable bonds is 8. The average molecular weight is 522 g/mol. The third kappa shape index (κ3) is 6.49. The highest BCUT2D eigenvalue weighted by Crippen LogP contribution is 2.36. The second kappa shape index (κ2) is 12.0. The van der Waals surface area contributed by atoms with Crippen LogP contribution in [-0.4, -0.2) is 52.6 Å². The van der Waals surface area contributed by atoms with E-state index in [1.807, 2.05) is 29.2 Å². The first-order chi connectivity index (χ1) is 18.9. The average Bonchev–Trinajstić information content (AvgIpc) is 2.98. The van der Waals surface area contributed by atoms with Crippen molar-refractivity contribution < 1.29 is 9.90 Å². The molecule has 5 nitrogen and oxygen atoms in total. The van der Waals surface area contributed by atoms with Crippen molar-refractivity contribution in [2.24, 2.45) is 5.73 Å². The minimum atomic E-state index is -0.833. The summed E-state index contributed by atoms with van der Waals surface area (Å²) in [5.41, 5.74) is 12.0. The van der Waals surface area contributed by atoms with Crippen molar-refractivity contribution >= 4 is 17.1 Å². The van der Waals surface area contributed by atoms with Gasteiger partial charge in [0.25, 0.3) is 0 Å². The Hall–Kier alpha value is -3.67. The SMILES string of the molecule is CC(CC(=O)N1CCC(O)(CN2C=C(c3cccc(CN)c3)C(c3ccccc3)=CC2)CC1)c1ccccc1. The van der Waals surface area contributed by atoms with Crippen LogP contribution in [0.5, 0.6) is 0 Å². The van der Waals surface area contributed by atoms with Crippen LogP contribution in [0.2, 0.25) is 0 Å². The topological polar surface area (TPSA) is 69.8 Å². The van der Waals surface area contributed by atoms with E-state index in [1.54, 1.807) is 0 Å². The molecule has 2 aliphatic rings. The summed E-state index contributed by atoms with van der Waals surface area (Å²) in [6.07, 6.45) is 6.10. The van der Waals surface area contributed by atoms with Crippen LogP contribution >= 0.6 is 0 Å². The number of hydrogen-bond acceptors (Lipinski definition) is 4. The Morgan fingerprint density at radius 2 is 1.59 bits per heavy atom. The van der Waals surface area contributed by atoms with Crippen LogP contribution in [0.4, 0.5) is 0 Å². The van der Waals surface area contributed by atoms with Gasteiger partial charge in [-0.15, -0.1) is 0 Å². The van der Waals surface area contributed by atoms with Gasteiger partial charge in [0.05, 0.1) is 5.60 Å². The van der Waals surface area contributed by atoms with E-state index >= 15 is 0 Å². The predicted molar refractivity (Wildman–Crippen MR) is 159 cm³/mol. The number of aliphatic hydroxyl groups is 1. The van der Waals surface area contributed by atoms with Gasteiger partial charge in [-0.1, -0.05) is 91.9 Å². The summed E-state index contributed by atoms with van der Waals surface area (Å²) >= 11 is 0. The quantitative estimate of drug-likeness (QED) is 0.415. The van der Waals surface area contributed by atoms with Crippen LogP contribution < -0.4 is 5.73 Å². The van der Waals surface area contributed by atoms with Gasteiger partial charge >= 0.3 is 0 Å². The fraction of sp³-hybridized carbons (Fsp3) is 0.324. The number of hydrogen-bond donors (Lipinski definition) is 2. The van der Waals surface area contributed by atoms with E-state index in [1.165, 1.54) is 16.7 Å². The van der Waals surface area contributed by atoms with Gasteiger partial charge in [0.1, 0.15) is 0 Å². The third-order valence-electron chi connectivity index (χ3n) is 8.08. The number of β-amino-alcohol motifs (C(OH)–C–C–N with tert-alkyl or cyclic N) is 1. The van der Waals surface area contributed by atoms with Gasteiger partial charge in [0.15, 0.2) is 0 Å². The van der Waals surface area contributed by atoms with Gasteiger partial charge in [-0.2, -0.15) is 0 Å². The Morgan fingerprint density at radius 3 is 2.28 bits per heavy atom. The lowest BCUT2D eigenvalue weighted by molar-refractivity contribution is -0.136. The van der Waals surface area contributed by atoms with Crippen molar-refractivity contribution in [1.82, 2.24) is 9.80 Å². The molecule has 5 rings (SSSR count). The predicted octanol–water partition coefficient (Wildman–Crippen LogP) is 5.43. The lowest BCUT2D eigenvalue weighted by Gasteiger charge is -2.41. The third-order valence-corrected chi connectivity index (χ3v) is 8.08. The van der Waals surface area contributed by atoms with E-state index in [4.69, 9.17) is 5.73 Å². The Kier molecular flexibility index (Phi) is 8.30. The molecule has 1 unspecified atom stereocenters. The molecule has 1 fully saturated rings. The van der Waals surface area contributed by atoms with Crippen molar-refractivity contribution in [2.45, 2.75) is 44.2 Å². The van der Waals surface area contributed by atoms with Crippen molar-refractivity contribution in [3.05, 3.63) is 119 Å². The van der Waals surface area contributed by atoms with Gasteiger partial charge in [-0.05, 0) is 52.7 Å². The van der Waals surface area contributed by atoms with Crippen LogP contribution in [-0.2, 0) is 11.3 Å². The highest BCUT2D eigenvalue weighted by atomic mass is 16.3. The molecule has 0 saturated carbocycles. The molecule has 0 radical (unpaired) electrons. The Labute approximate surface area is 232 Å². The molecule has 1 amide bonds. The van der Waals surface area contributed by atoms with Crippen LogP contribution in [0.3, 0.4) is 0 Å². The van der Waals surface area contributed by atoms with Gasteiger partial charge in [-0.3, -0.25) is 4.79 Å². The van der Waals surface area contributed by atoms with E-state index in [2.05, 4.69) is 84.8 Å². The standard InChI is InChI=1S/C34H39N3O2/c1-26(28-10-4-2-5-11-28)21-33(38)37-19-16-34(39,17-20-37)25-36-18-15-31(29-12-6-3-7-13-29)32(24-36)30-14-8-9-27(22-30)23-35/h2-15,22,24,26,39H,16-21,23,25,35H2,1H3. The summed E-state index contributed by atoms with van der Waals surface area (Å²) in [4.78, 5) is 17.2. The van der Waals surface area contributed by atoms with E-state index in [0.717, 1.165) is 23.2 Å². The molecule has 3 aromatic carbocycles. The van der Waals surface area contributed by atoms with E-state index in [0.29, 0.717) is 45.4 Å². The summed E-state index contributed by atoms with van der Waals surface area (Å²) in [7, 11) is 0. The van der Waals surface area contributed by atoms with Crippen LogP contribution in [0.25, 0.3) is 11.1 Å². The highest BCUT2D eigenvalue weighted by Gasteiger charge is 2.36. The molecule has 0 spiro atoms. The molecule has 0 aliphatic carbocycles. The molecular formula is C34H39N3O2. The molecule has 0 bridgehead atoms. The molecule has 202 valence electrons. The number of benzene rings is 3. The minimum Gasteiger partial charge on any atom is -0.388 e. The first-order valence-corrected chi connectivity index (χ1v) is 14.0. The number of allylic oxidation sites excluding steroid dienone is 2. The zero-order chi connectivity index (χ0) is 27.2. The molecule has 1 atom stereocenters. The van der Waals surface area contributed by atoms with Crippen LogP contribution in [0.1, 0.15) is 54.4 Å². The molecule has 3 aromatic rings. The summed E-state index contributed by atoms with van der Waals surface area (Å²) in [6, 6.07) is 29.0. The normalized spacial score (nSPS) is 17.8. The zero-order valence-electron chi connectivity index (χ0n) is 22.8. The molecule has 5 heteroatoms. The van der Waals surface area contributed by atoms with Crippen molar-refractivity contribution in [3.8, 4) is 0 Å². The van der Waals surface area contributed by atoms with Gasteiger partial charge in [0.2, 0.25) is 5.91 Å². The maximum absolute atomic E-state index is 13.0. The van der Waals surface area contributed by atoms with Gasteiger partial charge in [0, 0.05) is 50.9 Å². The number of carbonyl (C=O) groups is 1. The number of carbonyl (C=O) groups excluding carboxylic acids is 1. The Bertz CT molecular complexity index is 1320. The lowest BCUT2D eigenvalue weighted by atomic mass is 9.87. The summed E-state index contributed by atoms with van der Waals surface area (Å²) in [6.45, 7) is 5.04. The van der Waals surface area contributed by atoms with E-state index < -0.39 is 5.60 Å².